The van der Waals surface area contributed by atoms with Crippen LogP contribution in [0.2, 0.25) is 0 Å². The molecule has 0 radical (unpaired) electrons. The number of nitrogens with one attached hydrogen (secondary N) is 2. The first-order valence-corrected chi connectivity index (χ1v) is 7.93. The maximum Gasteiger partial charge on any atom is 0.269 e. The lowest BCUT2D eigenvalue weighted by Crippen LogP contribution is -2.33. The maximum atomic E-state index is 11.9. The number of hydrogen-bond donors (Lipinski definition) is 2. The van der Waals surface area contributed by atoms with Crippen molar-refractivity contribution in [3.8, 4) is 0 Å². The molecule has 1 aliphatic rings. The summed E-state index contributed by atoms with van der Waals surface area (Å²) in [5.41, 5.74) is 0.939. The number of nitro groups is 1. The van der Waals surface area contributed by atoms with E-state index in [9.17, 15) is 14.9 Å². The van der Waals surface area contributed by atoms with Gasteiger partial charge < -0.3 is 10.6 Å². The minimum absolute atomic E-state index is 0.0882. The number of carbonyl (C=O) groups excluding carboxylic acids is 1. The van der Waals surface area contributed by atoms with Crippen LogP contribution in [-0.2, 0) is 4.79 Å². The lowest BCUT2D eigenvalue weighted by Gasteiger charge is -2.20. The topological polar surface area (TPSA) is 84.3 Å². The highest BCUT2D eigenvalue weighted by molar-refractivity contribution is 5.78. The average molecular weight is 305 g/mol. The van der Waals surface area contributed by atoms with Crippen molar-refractivity contribution in [3.63, 3.8) is 0 Å². The number of nitrogens with zero attached hydrogens (tertiary/aromatic N) is 1. The highest BCUT2D eigenvalue weighted by atomic mass is 16.6. The third kappa shape index (κ3) is 5.02. The highest BCUT2D eigenvalue weighted by Gasteiger charge is 2.20. The Morgan fingerprint density at radius 2 is 1.82 bits per heavy atom. The van der Waals surface area contributed by atoms with Crippen LogP contribution in [0.5, 0.6) is 0 Å². The van der Waals surface area contributed by atoms with E-state index in [0.717, 1.165) is 31.5 Å². The van der Waals surface area contributed by atoms with Gasteiger partial charge in [-0.05, 0) is 31.4 Å². The Morgan fingerprint density at radius 1 is 1.14 bits per heavy atom. The van der Waals surface area contributed by atoms with Gasteiger partial charge in [0.1, 0.15) is 0 Å². The predicted octanol–water partition coefficient (Wildman–Crippen LogP) is 3.09. The van der Waals surface area contributed by atoms with Crippen molar-refractivity contribution >= 4 is 17.3 Å². The van der Waals surface area contributed by atoms with E-state index in [2.05, 4.69) is 10.6 Å². The molecular formula is C16H23N3O3. The zero-order chi connectivity index (χ0) is 15.8. The predicted molar refractivity (Wildman–Crippen MR) is 85.8 cm³/mol. The van der Waals surface area contributed by atoms with E-state index in [1.165, 1.54) is 31.4 Å². The molecular weight excluding hydrogens is 282 g/mol. The number of rotatable bonds is 7. The van der Waals surface area contributed by atoms with Gasteiger partial charge in [0.15, 0.2) is 0 Å². The van der Waals surface area contributed by atoms with Crippen molar-refractivity contribution in [1.82, 2.24) is 5.32 Å². The number of non-ortho nitro benzene ring substituents is 1. The van der Waals surface area contributed by atoms with Crippen LogP contribution in [0.4, 0.5) is 11.4 Å². The Balaban J connectivity index is 1.60. The summed E-state index contributed by atoms with van der Waals surface area (Å²) >= 11 is 0. The molecule has 0 aliphatic heterocycles. The van der Waals surface area contributed by atoms with Crippen molar-refractivity contribution in [3.05, 3.63) is 34.4 Å². The first-order chi connectivity index (χ1) is 10.7. The molecule has 0 saturated heterocycles. The summed E-state index contributed by atoms with van der Waals surface area (Å²) in [6.07, 6.45) is 6.46. The molecule has 6 nitrogen and oxygen atoms in total. The monoisotopic (exact) mass is 305 g/mol. The molecule has 6 heteroatoms. The quantitative estimate of drug-likeness (QED) is 0.460. The second-order valence-electron chi connectivity index (χ2n) is 5.71. The van der Waals surface area contributed by atoms with Crippen molar-refractivity contribution in [1.29, 1.82) is 0 Å². The Bertz CT molecular complexity index is 496. The normalized spacial score (nSPS) is 15.3. The molecule has 0 heterocycles. The smallest absolute Gasteiger partial charge is 0.269 e. The van der Waals surface area contributed by atoms with Gasteiger partial charge >= 0.3 is 0 Å². The molecule has 1 aliphatic carbocycles. The summed E-state index contributed by atoms with van der Waals surface area (Å²) < 4.78 is 0. The van der Waals surface area contributed by atoms with E-state index in [-0.39, 0.29) is 17.5 Å². The van der Waals surface area contributed by atoms with E-state index in [4.69, 9.17) is 0 Å². The zero-order valence-corrected chi connectivity index (χ0v) is 12.7. The number of amides is 1. The molecule has 0 unspecified atom stereocenters. The second kappa shape index (κ2) is 8.36. The lowest BCUT2D eigenvalue weighted by molar-refractivity contribution is -0.384. The van der Waals surface area contributed by atoms with Crippen LogP contribution in [0.3, 0.4) is 0 Å². The molecule has 1 saturated carbocycles. The van der Waals surface area contributed by atoms with Crippen molar-refractivity contribution in [2.75, 3.05) is 18.4 Å². The van der Waals surface area contributed by atoms with Gasteiger partial charge in [-0.2, -0.15) is 0 Å². The largest absolute Gasteiger partial charge is 0.385 e. The van der Waals surface area contributed by atoms with Crippen LogP contribution in [0.25, 0.3) is 0 Å². The van der Waals surface area contributed by atoms with Crippen molar-refractivity contribution in [2.45, 2.75) is 38.5 Å². The molecule has 22 heavy (non-hydrogen) atoms. The van der Waals surface area contributed by atoms with Crippen LogP contribution in [-0.4, -0.2) is 23.9 Å². The number of carbonyl (C=O) groups is 1. The van der Waals surface area contributed by atoms with E-state index in [1.807, 2.05) is 0 Å². The third-order valence-corrected chi connectivity index (χ3v) is 4.04. The van der Waals surface area contributed by atoms with E-state index in [1.54, 1.807) is 12.1 Å². The van der Waals surface area contributed by atoms with Crippen LogP contribution in [0.1, 0.15) is 38.5 Å². The molecule has 120 valence electrons. The number of benzene rings is 1. The molecule has 2 rings (SSSR count). The Kier molecular flexibility index (Phi) is 6.18. The van der Waals surface area contributed by atoms with Gasteiger partial charge in [-0.15, -0.1) is 0 Å². The fourth-order valence-corrected chi connectivity index (χ4v) is 2.74. The number of hydrogen-bond acceptors (Lipinski definition) is 4. The molecule has 1 aromatic carbocycles. The van der Waals surface area contributed by atoms with Gasteiger partial charge in [-0.25, -0.2) is 0 Å². The Hall–Kier alpha value is -2.11. The molecule has 1 aromatic rings. The molecule has 0 bridgehead atoms. The lowest BCUT2D eigenvalue weighted by atomic mass is 9.89. The van der Waals surface area contributed by atoms with Gasteiger partial charge in [0.05, 0.1) is 4.92 Å². The van der Waals surface area contributed by atoms with Gasteiger partial charge in [-0.1, -0.05) is 19.3 Å². The third-order valence-electron chi connectivity index (χ3n) is 4.04. The van der Waals surface area contributed by atoms with Gasteiger partial charge in [-0.3, -0.25) is 14.9 Å². The Labute approximate surface area is 130 Å². The van der Waals surface area contributed by atoms with E-state index >= 15 is 0 Å². The fourth-order valence-electron chi connectivity index (χ4n) is 2.74. The average Bonchev–Trinajstić information content (AvgIpc) is 2.55. The summed E-state index contributed by atoms with van der Waals surface area (Å²) in [6, 6.07) is 6.35. The van der Waals surface area contributed by atoms with Crippen LogP contribution >= 0.6 is 0 Å². The zero-order valence-electron chi connectivity index (χ0n) is 12.7. The highest BCUT2D eigenvalue weighted by Crippen LogP contribution is 2.23. The fraction of sp³-hybridized carbons (Fsp3) is 0.562. The van der Waals surface area contributed by atoms with Gasteiger partial charge in [0, 0.05) is 36.8 Å². The summed E-state index contributed by atoms with van der Waals surface area (Å²) in [7, 11) is 0. The molecule has 2 N–H and O–H groups in total. The van der Waals surface area contributed by atoms with Crippen molar-refractivity contribution in [2.24, 2.45) is 5.92 Å². The minimum Gasteiger partial charge on any atom is -0.385 e. The minimum atomic E-state index is -0.412. The van der Waals surface area contributed by atoms with Crippen LogP contribution in [0.15, 0.2) is 24.3 Å². The summed E-state index contributed by atoms with van der Waals surface area (Å²) in [4.78, 5) is 22.1. The van der Waals surface area contributed by atoms with Crippen LogP contribution in [0, 0.1) is 16.0 Å². The van der Waals surface area contributed by atoms with E-state index < -0.39 is 4.92 Å². The molecule has 0 atom stereocenters. The molecule has 0 spiro atoms. The number of anilines is 1. The maximum absolute atomic E-state index is 11.9. The first kappa shape index (κ1) is 16.3. The van der Waals surface area contributed by atoms with E-state index in [0.29, 0.717) is 6.54 Å². The second-order valence-corrected chi connectivity index (χ2v) is 5.71. The van der Waals surface area contributed by atoms with Crippen LogP contribution < -0.4 is 10.6 Å². The van der Waals surface area contributed by atoms with Gasteiger partial charge in [0.25, 0.3) is 5.69 Å². The standard InChI is InChI=1S/C16H23N3O3/c20-16(13-5-2-1-3-6-13)18-12-4-11-17-14-7-9-15(10-8-14)19(21)22/h7-10,13,17H,1-6,11-12H2,(H,18,20). The molecule has 0 aromatic heterocycles. The first-order valence-electron chi connectivity index (χ1n) is 7.93. The SMILES string of the molecule is O=C(NCCCNc1ccc([N+](=O)[O-])cc1)C1CCCCC1. The summed E-state index contributed by atoms with van der Waals surface area (Å²) in [6.45, 7) is 1.39. The molecule has 1 fully saturated rings. The number of nitro benzene ring substituents is 1. The molecule has 1 amide bonds. The summed E-state index contributed by atoms with van der Waals surface area (Å²) in [5, 5.41) is 16.7. The summed E-state index contributed by atoms with van der Waals surface area (Å²) in [5.74, 6) is 0.395. The van der Waals surface area contributed by atoms with Crippen molar-refractivity contribution < 1.29 is 9.72 Å². The Morgan fingerprint density at radius 3 is 2.45 bits per heavy atom. The van der Waals surface area contributed by atoms with Gasteiger partial charge in [0.2, 0.25) is 5.91 Å².